The molecule has 96 valence electrons. The van der Waals surface area contributed by atoms with E-state index in [2.05, 4.69) is 17.9 Å². The Morgan fingerprint density at radius 1 is 1.31 bits per heavy atom. The van der Waals surface area contributed by atoms with Crippen LogP contribution in [0.25, 0.3) is 0 Å². The molecule has 2 unspecified atom stereocenters. The minimum atomic E-state index is -0.346. The highest BCUT2D eigenvalue weighted by Gasteiger charge is 2.12. The van der Waals surface area contributed by atoms with E-state index in [4.69, 9.17) is 18.4 Å². The van der Waals surface area contributed by atoms with Crippen molar-refractivity contribution in [2.75, 3.05) is 27.6 Å². The van der Waals surface area contributed by atoms with Crippen LogP contribution in [0.1, 0.15) is 19.8 Å². The van der Waals surface area contributed by atoms with Gasteiger partial charge in [-0.05, 0) is 26.3 Å². The molecule has 0 heterocycles. The number of ether oxygens (including phenoxy) is 3. The summed E-state index contributed by atoms with van der Waals surface area (Å²) >= 11 is 3.70. The van der Waals surface area contributed by atoms with Crippen molar-refractivity contribution in [2.24, 2.45) is 4.99 Å². The van der Waals surface area contributed by atoms with Gasteiger partial charge in [0.05, 0.1) is 6.10 Å². The maximum absolute atomic E-state index is 5.57. The van der Waals surface area contributed by atoms with Crippen LogP contribution in [-0.2, 0) is 18.4 Å². The van der Waals surface area contributed by atoms with Crippen LogP contribution in [0.15, 0.2) is 4.99 Å². The molecule has 0 aliphatic carbocycles. The molecule has 0 aromatic heterocycles. The topological polar surface area (TPSA) is 49.3 Å². The van der Waals surface area contributed by atoms with Gasteiger partial charge in [-0.25, -0.2) is 0 Å². The van der Waals surface area contributed by atoms with Crippen molar-refractivity contribution in [1.82, 2.24) is 0 Å². The Morgan fingerprint density at radius 2 is 2.06 bits per heavy atom. The number of hydrogen-bond acceptors (Lipinski definition) is 6. The summed E-state index contributed by atoms with van der Waals surface area (Å²) in [7, 11) is 3.27. The highest BCUT2D eigenvalue weighted by atomic mass is 32.1. The van der Waals surface area contributed by atoms with Crippen molar-refractivity contribution < 1.29 is 18.4 Å². The molecule has 2 atom stereocenters. The first-order chi connectivity index (χ1) is 7.74. The third-order valence-electron chi connectivity index (χ3n) is 1.88. The highest BCUT2D eigenvalue weighted by Crippen LogP contribution is 2.08. The fourth-order valence-corrected chi connectivity index (χ4v) is 1.16. The van der Waals surface area contributed by atoms with Gasteiger partial charge in [-0.1, -0.05) is 0 Å². The molecule has 0 aliphatic rings. The minimum Gasteiger partial charge on any atom is -0.385 e. The molecule has 5 nitrogen and oxygen atoms in total. The van der Waals surface area contributed by atoms with E-state index in [1.165, 1.54) is 0 Å². The van der Waals surface area contributed by atoms with Crippen LogP contribution in [0.3, 0.4) is 0 Å². The third-order valence-corrected chi connectivity index (χ3v) is 2.17. The lowest BCUT2D eigenvalue weighted by molar-refractivity contribution is -0.101. The summed E-state index contributed by atoms with van der Waals surface area (Å²) in [6.07, 6.45) is 2.95. The Bertz CT molecular complexity index is 180. The van der Waals surface area contributed by atoms with E-state index >= 15 is 0 Å². The molecule has 0 saturated heterocycles. The minimum absolute atomic E-state index is 0.0164. The van der Waals surface area contributed by atoms with Gasteiger partial charge in [0.25, 0.3) is 0 Å². The van der Waals surface area contributed by atoms with Crippen molar-refractivity contribution >= 4 is 19.1 Å². The van der Waals surface area contributed by atoms with E-state index < -0.39 is 0 Å². The quantitative estimate of drug-likeness (QED) is 0.278. The van der Waals surface area contributed by atoms with Gasteiger partial charge in [0.1, 0.15) is 6.73 Å². The Morgan fingerprint density at radius 3 is 2.62 bits per heavy atom. The number of methoxy groups -OCH3 is 2. The summed E-state index contributed by atoms with van der Waals surface area (Å²) in [5, 5.41) is 0. The zero-order valence-corrected chi connectivity index (χ0v) is 11.0. The fourth-order valence-electron chi connectivity index (χ4n) is 1.11. The molecule has 0 amide bonds. The van der Waals surface area contributed by atoms with E-state index in [0.717, 1.165) is 6.42 Å². The van der Waals surface area contributed by atoms with Crippen LogP contribution < -0.4 is 0 Å². The predicted octanol–water partition coefficient (Wildman–Crippen LogP) is 1.68. The standard InChI is InChI=1S/C10H21NO4S/c1-9(15-16)14-10(5-7-12-2)4-6-11-8-13-3/h6,9-10,16H,4-5,7-8H2,1-3H3. The van der Waals surface area contributed by atoms with Gasteiger partial charge in [-0.2, -0.15) is 0 Å². The lowest BCUT2D eigenvalue weighted by Crippen LogP contribution is -2.22. The first-order valence-corrected chi connectivity index (χ1v) is 5.53. The van der Waals surface area contributed by atoms with Crippen LogP contribution in [0, 0.1) is 0 Å². The van der Waals surface area contributed by atoms with Gasteiger partial charge in [-0.3, -0.25) is 9.18 Å². The molecule has 0 bridgehead atoms. The summed E-state index contributed by atoms with van der Waals surface area (Å²) in [4.78, 5) is 4.04. The molecule has 0 aromatic rings. The summed E-state index contributed by atoms with van der Waals surface area (Å²) in [6.45, 7) is 2.80. The molecule has 0 aliphatic heterocycles. The van der Waals surface area contributed by atoms with Crippen molar-refractivity contribution in [1.29, 1.82) is 0 Å². The summed E-state index contributed by atoms with van der Waals surface area (Å²) in [5.41, 5.74) is 0. The Hall–Kier alpha value is -0.140. The van der Waals surface area contributed by atoms with Crippen LogP contribution >= 0.6 is 12.9 Å². The zero-order valence-electron chi connectivity index (χ0n) is 10.1. The van der Waals surface area contributed by atoms with Crippen LogP contribution in [0.5, 0.6) is 0 Å². The first kappa shape index (κ1) is 15.9. The molecule has 0 spiro atoms. The smallest absolute Gasteiger partial charge is 0.167 e. The van der Waals surface area contributed by atoms with Gasteiger partial charge in [-0.15, -0.1) is 0 Å². The molecule has 0 aromatic carbocycles. The molecule has 0 saturated carbocycles. The number of nitrogens with zero attached hydrogens (tertiary/aromatic N) is 1. The van der Waals surface area contributed by atoms with E-state index in [0.29, 0.717) is 19.8 Å². The van der Waals surface area contributed by atoms with Crippen molar-refractivity contribution in [3.8, 4) is 0 Å². The number of aliphatic imine (C=N–C) groups is 1. The third kappa shape index (κ3) is 9.11. The Balaban J connectivity index is 3.89. The van der Waals surface area contributed by atoms with Crippen molar-refractivity contribution in [2.45, 2.75) is 32.2 Å². The van der Waals surface area contributed by atoms with Crippen LogP contribution in [0.4, 0.5) is 0 Å². The number of rotatable bonds is 10. The maximum atomic E-state index is 5.57. The molecule has 16 heavy (non-hydrogen) atoms. The molecular weight excluding hydrogens is 230 g/mol. The molecular formula is C10H21NO4S. The largest absolute Gasteiger partial charge is 0.385 e. The average Bonchev–Trinajstić information content (AvgIpc) is 2.30. The van der Waals surface area contributed by atoms with E-state index in [9.17, 15) is 0 Å². The number of hydrogen-bond donors (Lipinski definition) is 1. The van der Waals surface area contributed by atoms with Gasteiger partial charge in [0.2, 0.25) is 0 Å². The zero-order chi connectivity index (χ0) is 12.2. The molecule has 0 fully saturated rings. The van der Waals surface area contributed by atoms with Gasteiger partial charge in [0.15, 0.2) is 6.29 Å². The lowest BCUT2D eigenvalue weighted by Gasteiger charge is -2.19. The average molecular weight is 251 g/mol. The monoisotopic (exact) mass is 251 g/mol. The summed E-state index contributed by atoms with van der Waals surface area (Å²) in [6, 6.07) is 0. The predicted molar refractivity (Wildman–Crippen MR) is 65.9 cm³/mol. The Kier molecular flexibility index (Phi) is 11.2. The van der Waals surface area contributed by atoms with E-state index in [-0.39, 0.29) is 12.4 Å². The van der Waals surface area contributed by atoms with Gasteiger partial charge in [0, 0.05) is 33.5 Å². The summed E-state index contributed by atoms with van der Waals surface area (Å²) in [5.74, 6) is 0. The summed E-state index contributed by atoms with van der Waals surface area (Å²) < 4.78 is 20.1. The van der Waals surface area contributed by atoms with E-state index in [1.807, 2.05) is 0 Å². The molecule has 0 radical (unpaired) electrons. The van der Waals surface area contributed by atoms with Crippen LogP contribution in [0.2, 0.25) is 0 Å². The van der Waals surface area contributed by atoms with Crippen molar-refractivity contribution in [3.63, 3.8) is 0 Å². The highest BCUT2D eigenvalue weighted by molar-refractivity contribution is 7.75. The second-order valence-electron chi connectivity index (χ2n) is 3.23. The van der Waals surface area contributed by atoms with Crippen molar-refractivity contribution in [3.05, 3.63) is 0 Å². The normalized spacial score (nSPS) is 15.5. The fraction of sp³-hybridized carbons (Fsp3) is 0.900. The second-order valence-corrected chi connectivity index (χ2v) is 3.44. The molecule has 6 heteroatoms. The second kappa shape index (κ2) is 11.3. The molecule has 0 rings (SSSR count). The first-order valence-electron chi connectivity index (χ1n) is 5.16. The SMILES string of the molecule is COCCC(CC=NCOC)OC(C)OS. The Labute approximate surface area is 103 Å². The van der Waals surface area contributed by atoms with Gasteiger partial charge >= 0.3 is 0 Å². The van der Waals surface area contributed by atoms with Crippen LogP contribution in [-0.4, -0.2) is 46.2 Å². The van der Waals surface area contributed by atoms with Gasteiger partial charge < -0.3 is 14.2 Å². The number of thiol groups is 1. The molecule has 0 N–H and O–H groups in total. The lowest BCUT2D eigenvalue weighted by atomic mass is 10.2. The maximum Gasteiger partial charge on any atom is 0.167 e. The van der Waals surface area contributed by atoms with E-state index in [1.54, 1.807) is 27.4 Å².